The molecule has 1 heterocycles. The molecule has 0 radical (unpaired) electrons. The topological polar surface area (TPSA) is 56.3 Å². The molecule has 0 unspecified atom stereocenters. The molecule has 0 aliphatic heterocycles. The number of rotatable bonds is 3. The first-order chi connectivity index (χ1) is 8.49. The monoisotopic (exact) mass is 283 g/mol. The summed E-state index contributed by atoms with van der Waals surface area (Å²) in [4.78, 5) is 3.84. The molecule has 6 heteroatoms. The van der Waals surface area contributed by atoms with Crippen LogP contribution < -0.4 is 4.18 Å². The van der Waals surface area contributed by atoms with Crippen LogP contribution in [0.2, 0.25) is 5.02 Å². The third-order valence-electron chi connectivity index (χ3n) is 2.22. The summed E-state index contributed by atoms with van der Waals surface area (Å²) >= 11 is 5.79. The second-order valence-electron chi connectivity index (χ2n) is 3.64. The van der Waals surface area contributed by atoms with Gasteiger partial charge in [-0.05, 0) is 31.2 Å². The Hall–Kier alpha value is -1.59. The zero-order valence-electron chi connectivity index (χ0n) is 9.50. The first-order valence-corrected chi connectivity index (χ1v) is 6.89. The van der Waals surface area contributed by atoms with E-state index in [4.69, 9.17) is 15.8 Å². The second kappa shape index (κ2) is 4.96. The van der Waals surface area contributed by atoms with Gasteiger partial charge in [-0.15, -0.1) is 0 Å². The summed E-state index contributed by atoms with van der Waals surface area (Å²) in [6, 6.07) is 9.43. The van der Waals surface area contributed by atoms with Crippen molar-refractivity contribution in [2.45, 2.75) is 11.8 Å². The smallest absolute Gasteiger partial charge is 0.340 e. The van der Waals surface area contributed by atoms with E-state index in [1.165, 1.54) is 24.4 Å². The third kappa shape index (κ3) is 2.80. The first kappa shape index (κ1) is 12.9. The molecule has 1 aromatic carbocycles. The summed E-state index contributed by atoms with van der Waals surface area (Å²) in [5.74, 6) is -0.125. The van der Waals surface area contributed by atoms with E-state index >= 15 is 0 Å². The molecule has 0 saturated heterocycles. The Kier molecular flexibility index (Phi) is 3.54. The number of benzene rings is 1. The summed E-state index contributed by atoms with van der Waals surface area (Å²) < 4.78 is 28.8. The van der Waals surface area contributed by atoms with Crippen molar-refractivity contribution < 1.29 is 12.6 Å². The average molecular weight is 284 g/mol. The van der Waals surface area contributed by atoms with Crippen molar-refractivity contribution >= 4 is 21.7 Å². The fourth-order valence-electron chi connectivity index (χ4n) is 1.29. The van der Waals surface area contributed by atoms with Gasteiger partial charge in [-0.3, -0.25) is 0 Å². The van der Waals surface area contributed by atoms with Gasteiger partial charge in [0, 0.05) is 6.20 Å². The molecule has 0 N–H and O–H groups in total. The average Bonchev–Trinajstić information content (AvgIpc) is 2.32. The Morgan fingerprint density at radius 3 is 2.44 bits per heavy atom. The SMILES string of the molecule is Cc1ccc(S(=O)(=O)Oc2ncccc2Cl)cc1. The number of nitrogens with zero attached hydrogens (tertiary/aromatic N) is 1. The van der Waals surface area contributed by atoms with Crippen molar-refractivity contribution in [3.8, 4) is 5.88 Å². The quantitative estimate of drug-likeness (QED) is 0.813. The molecule has 94 valence electrons. The van der Waals surface area contributed by atoms with E-state index in [1.54, 1.807) is 18.2 Å². The first-order valence-electron chi connectivity index (χ1n) is 5.11. The predicted octanol–water partition coefficient (Wildman–Crippen LogP) is 2.81. The zero-order valence-corrected chi connectivity index (χ0v) is 11.1. The van der Waals surface area contributed by atoms with Crippen LogP contribution >= 0.6 is 11.6 Å². The molecule has 0 bridgehead atoms. The van der Waals surface area contributed by atoms with Crippen molar-refractivity contribution in [2.24, 2.45) is 0 Å². The van der Waals surface area contributed by atoms with Crippen LogP contribution in [0.5, 0.6) is 5.88 Å². The summed E-state index contributed by atoms with van der Waals surface area (Å²) in [5.41, 5.74) is 0.963. The molecule has 0 aliphatic rings. The van der Waals surface area contributed by atoms with E-state index < -0.39 is 10.1 Å². The highest BCUT2D eigenvalue weighted by atomic mass is 35.5. The summed E-state index contributed by atoms with van der Waals surface area (Å²) in [6.07, 6.45) is 1.41. The van der Waals surface area contributed by atoms with Crippen molar-refractivity contribution in [2.75, 3.05) is 0 Å². The van der Waals surface area contributed by atoms with Gasteiger partial charge in [0.1, 0.15) is 9.92 Å². The Labute approximate surface area is 110 Å². The molecule has 2 aromatic rings. The highest BCUT2D eigenvalue weighted by Crippen LogP contribution is 2.24. The molecular weight excluding hydrogens is 274 g/mol. The van der Waals surface area contributed by atoms with Crippen LogP contribution in [-0.2, 0) is 10.1 Å². The highest BCUT2D eigenvalue weighted by molar-refractivity contribution is 7.87. The fraction of sp³-hybridized carbons (Fsp3) is 0.0833. The van der Waals surface area contributed by atoms with Crippen LogP contribution in [0, 0.1) is 6.92 Å². The molecule has 0 fully saturated rings. The molecule has 0 spiro atoms. The van der Waals surface area contributed by atoms with Gasteiger partial charge in [-0.1, -0.05) is 29.3 Å². The molecule has 1 aromatic heterocycles. The van der Waals surface area contributed by atoms with E-state index in [0.29, 0.717) is 0 Å². The Balaban J connectivity index is 2.33. The molecule has 4 nitrogen and oxygen atoms in total. The molecule has 2 rings (SSSR count). The van der Waals surface area contributed by atoms with Gasteiger partial charge in [0.25, 0.3) is 5.88 Å². The fourth-order valence-corrected chi connectivity index (χ4v) is 2.40. The zero-order chi connectivity index (χ0) is 13.2. The van der Waals surface area contributed by atoms with E-state index in [-0.39, 0.29) is 15.8 Å². The Morgan fingerprint density at radius 2 is 1.83 bits per heavy atom. The van der Waals surface area contributed by atoms with E-state index in [0.717, 1.165) is 5.56 Å². The van der Waals surface area contributed by atoms with Crippen LogP contribution in [0.15, 0.2) is 47.5 Å². The van der Waals surface area contributed by atoms with Crippen LogP contribution in [-0.4, -0.2) is 13.4 Å². The molecule has 0 aliphatic carbocycles. The lowest BCUT2D eigenvalue weighted by atomic mass is 10.2. The summed E-state index contributed by atoms with van der Waals surface area (Å²) in [6.45, 7) is 1.87. The van der Waals surface area contributed by atoms with E-state index in [2.05, 4.69) is 4.98 Å². The van der Waals surface area contributed by atoms with Crippen molar-refractivity contribution in [1.29, 1.82) is 0 Å². The van der Waals surface area contributed by atoms with Gasteiger partial charge >= 0.3 is 10.1 Å². The largest absolute Gasteiger partial charge is 0.357 e. The minimum atomic E-state index is -3.90. The third-order valence-corrected chi connectivity index (χ3v) is 3.74. The Bertz CT molecular complexity index is 653. The van der Waals surface area contributed by atoms with Gasteiger partial charge in [-0.25, -0.2) is 4.98 Å². The lowest BCUT2D eigenvalue weighted by molar-refractivity contribution is 0.476. The number of hydrogen-bond acceptors (Lipinski definition) is 4. The van der Waals surface area contributed by atoms with Crippen LogP contribution in [0.4, 0.5) is 0 Å². The highest BCUT2D eigenvalue weighted by Gasteiger charge is 2.18. The van der Waals surface area contributed by atoms with Gasteiger partial charge in [-0.2, -0.15) is 8.42 Å². The van der Waals surface area contributed by atoms with E-state index in [9.17, 15) is 8.42 Å². The predicted molar refractivity (Wildman–Crippen MR) is 68.2 cm³/mol. The molecule has 0 amide bonds. The van der Waals surface area contributed by atoms with Crippen LogP contribution in [0.25, 0.3) is 0 Å². The Morgan fingerprint density at radius 1 is 1.17 bits per heavy atom. The maximum absolute atomic E-state index is 11.9. The number of pyridine rings is 1. The maximum Gasteiger partial charge on any atom is 0.340 e. The van der Waals surface area contributed by atoms with Crippen molar-refractivity contribution in [3.05, 3.63) is 53.2 Å². The number of aromatic nitrogens is 1. The van der Waals surface area contributed by atoms with Gasteiger partial charge < -0.3 is 4.18 Å². The van der Waals surface area contributed by atoms with Crippen molar-refractivity contribution in [3.63, 3.8) is 0 Å². The maximum atomic E-state index is 11.9. The summed E-state index contributed by atoms with van der Waals surface area (Å²) in [7, 11) is -3.90. The lowest BCUT2D eigenvalue weighted by Gasteiger charge is -2.07. The molecule has 0 saturated carbocycles. The number of halogens is 1. The van der Waals surface area contributed by atoms with Crippen LogP contribution in [0.1, 0.15) is 5.56 Å². The molecule has 18 heavy (non-hydrogen) atoms. The number of hydrogen-bond donors (Lipinski definition) is 0. The number of aryl methyl sites for hydroxylation is 1. The minimum Gasteiger partial charge on any atom is -0.357 e. The van der Waals surface area contributed by atoms with Gasteiger partial charge in [0.05, 0.1) is 0 Å². The van der Waals surface area contributed by atoms with Gasteiger partial charge in [0.15, 0.2) is 0 Å². The second-order valence-corrected chi connectivity index (χ2v) is 5.59. The minimum absolute atomic E-state index is 0.0646. The van der Waals surface area contributed by atoms with Gasteiger partial charge in [0.2, 0.25) is 0 Å². The summed E-state index contributed by atoms with van der Waals surface area (Å²) in [5, 5.41) is 0.146. The standard InChI is InChI=1S/C12H10ClNO3S/c1-9-4-6-10(7-5-9)18(15,16)17-12-11(13)3-2-8-14-12/h2-8H,1H3. The van der Waals surface area contributed by atoms with E-state index in [1.807, 2.05) is 6.92 Å². The normalized spacial score (nSPS) is 11.2. The van der Waals surface area contributed by atoms with Crippen LogP contribution in [0.3, 0.4) is 0 Å². The lowest BCUT2D eigenvalue weighted by Crippen LogP contribution is -2.10. The molecular formula is C12H10ClNO3S. The molecule has 0 atom stereocenters. The van der Waals surface area contributed by atoms with Crippen molar-refractivity contribution in [1.82, 2.24) is 4.98 Å².